The molecule has 39 heavy (non-hydrogen) atoms. The molecule has 1 amide bonds. The zero-order chi connectivity index (χ0) is 26.4. The van der Waals surface area contributed by atoms with Crippen LogP contribution < -0.4 is 9.47 Å². The fourth-order valence-corrected chi connectivity index (χ4v) is 9.08. The second-order valence-corrected chi connectivity index (χ2v) is 13.1. The maximum absolute atomic E-state index is 13.5. The molecule has 2 saturated carbocycles. The van der Waals surface area contributed by atoms with Gasteiger partial charge in [-0.1, -0.05) is 43.3 Å². The van der Waals surface area contributed by atoms with Crippen LogP contribution >= 0.6 is 0 Å². The van der Waals surface area contributed by atoms with Crippen LogP contribution in [0.4, 0.5) is 0 Å². The average molecular weight is 529 g/mol. The van der Waals surface area contributed by atoms with E-state index in [9.17, 15) is 9.90 Å². The highest BCUT2D eigenvalue weighted by atomic mass is 16.5. The van der Waals surface area contributed by atoms with E-state index in [4.69, 9.17) is 9.47 Å². The maximum atomic E-state index is 13.5. The summed E-state index contributed by atoms with van der Waals surface area (Å²) in [6.07, 6.45) is 7.46. The zero-order valence-corrected chi connectivity index (χ0v) is 23.0. The maximum Gasteiger partial charge on any atom is 0.226 e. The molecule has 1 spiro atoms. The van der Waals surface area contributed by atoms with E-state index >= 15 is 0 Å². The van der Waals surface area contributed by atoms with Gasteiger partial charge in [0.1, 0.15) is 12.7 Å². The van der Waals surface area contributed by atoms with Crippen LogP contribution in [0.15, 0.2) is 42.5 Å². The Morgan fingerprint density at radius 2 is 1.90 bits per heavy atom. The van der Waals surface area contributed by atoms with Crippen LogP contribution in [0.3, 0.4) is 0 Å². The molecule has 2 aromatic carbocycles. The van der Waals surface area contributed by atoms with E-state index < -0.39 is 11.0 Å². The molecule has 2 saturated heterocycles. The first kappa shape index (κ1) is 24.2. The third kappa shape index (κ3) is 3.37. The van der Waals surface area contributed by atoms with Crippen molar-refractivity contribution in [3.8, 4) is 11.5 Å². The second kappa shape index (κ2) is 8.71. The van der Waals surface area contributed by atoms with Gasteiger partial charge in [-0.2, -0.15) is 0 Å². The lowest BCUT2D eigenvalue weighted by atomic mass is 9.48. The van der Waals surface area contributed by atoms with E-state index in [0.29, 0.717) is 6.61 Å². The van der Waals surface area contributed by atoms with Crippen molar-refractivity contribution in [1.82, 2.24) is 9.80 Å². The van der Waals surface area contributed by atoms with E-state index in [1.807, 2.05) is 18.2 Å². The number of ether oxygens (including phenoxy) is 2. The number of hydrogen-bond acceptors (Lipinski definition) is 5. The van der Waals surface area contributed by atoms with Crippen LogP contribution in [-0.4, -0.2) is 64.2 Å². The molecule has 0 aromatic heterocycles. The standard InChI is InChI=1S/C33H40N2O4/c1-2-23-13-16-35(31(23)36)25-12-14-33(37)27-18-24-10-11-26(38-20-22-6-4-3-5-7-22)29-28(24)32(33,30(25)39-29)15-17-34(27)19-21-8-9-21/h3-7,10-11,21,23,25,27,30,37H,2,8-9,12-20H2,1H3/t23?,25-,27-,30-,32-,33+/m0/s1. The molecular weight excluding hydrogens is 488 g/mol. The number of amides is 1. The number of hydrogen-bond donors (Lipinski definition) is 1. The first-order valence-electron chi connectivity index (χ1n) is 15.3. The Balaban J connectivity index is 1.22. The molecule has 206 valence electrons. The molecule has 4 fully saturated rings. The topological polar surface area (TPSA) is 62.2 Å². The number of benzene rings is 2. The summed E-state index contributed by atoms with van der Waals surface area (Å²) in [5.74, 6) is 2.77. The van der Waals surface area contributed by atoms with Crippen molar-refractivity contribution in [2.24, 2.45) is 11.8 Å². The molecule has 2 bridgehead atoms. The fourth-order valence-electron chi connectivity index (χ4n) is 9.08. The molecule has 6 aliphatic rings. The molecule has 6 atom stereocenters. The Kier molecular flexibility index (Phi) is 5.42. The van der Waals surface area contributed by atoms with Crippen molar-refractivity contribution in [2.75, 3.05) is 19.6 Å². The van der Waals surface area contributed by atoms with Crippen molar-refractivity contribution in [2.45, 2.75) is 94.1 Å². The lowest BCUT2D eigenvalue weighted by Crippen LogP contribution is -2.78. The summed E-state index contributed by atoms with van der Waals surface area (Å²) >= 11 is 0. The lowest BCUT2D eigenvalue weighted by molar-refractivity contribution is -0.200. The minimum Gasteiger partial charge on any atom is -0.485 e. The number of likely N-dealkylation sites (tertiary alicyclic amines) is 2. The predicted molar refractivity (Wildman–Crippen MR) is 148 cm³/mol. The number of carbonyl (C=O) groups excluding carboxylic acids is 1. The minimum atomic E-state index is -0.857. The van der Waals surface area contributed by atoms with E-state index in [1.165, 1.54) is 24.0 Å². The molecule has 3 aliphatic carbocycles. The molecular formula is C33H40N2O4. The largest absolute Gasteiger partial charge is 0.485 e. The van der Waals surface area contributed by atoms with Gasteiger partial charge in [-0.3, -0.25) is 9.69 Å². The van der Waals surface area contributed by atoms with E-state index in [1.54, 1.807) is 0 Å². The third-order valence-electron chi connectivity index (χ3n) is 11.2. The zero-order valence-electron chi connectivity index (χ0n) is 23.0. The lowest BCUT2D eigenvalue weighted by Gasteiger charge is -2.64. The van der Waals surface area contributed by atoms with Gasteiger partial charge in [0, 0.05) is 30.6 Å². The summed E-state index contributed by atoms with van der Waals surface area (Å²) in [5, 5.41) is 12.9. The van der Waals surface area contributed by atoms with Crippen LogP contribution in [0.1, 0.15) is 68.6 Å². The highest BCUT2D eigenvalue weighted by Crippen LogP contribution is 2.66. The van der Waals surface area contributed by atoms with Crippen molar-refractivity contribution >= 4 is 5.91 Å². The summed E-state index contributed by atoms with van der Waals surface area (Å²) in [6.45, 7) is 5.48. The van der Waals surface area contributed by atoms with Gasteiger partial charge in [0.25, 0.3) is 0 Å². The molecule has 1 unspecified atom stereocenters. The Bertz CT molecular complexity index is 1290. The number of aliphatic hydroxyl groups is 1. The summed E-state index contributed by atoms with van der Waals surface area (Å²) in [7, 11) is 0. The molecule has 6 heteroatoms. The van der Waals surface area contributed by atoms with E-state index in [-0.39, 0.29) is 30.0 Å². The highest BCUT2D eigenvalue weighted by molar-refractivity contribution is 5.81. The van der Waals surface area contributed by atoms with Crippen molar-refractivity contribution in [3.63, 3.8) is 0 Å². The normalized spacial score (nSPS) is 36.6. The first-order valence-corrected chi connectivity index (χ1v) is 15.3. The van der Waals surface area contributed by atoms with E-state index in [0.717, 1.165) is 81.1 Å². The van der Waals surface area contributed by atoms with Gasteiger partial charge in [0.2, 0.25) is 5.91 Å². The first-order chi connectivity index (χ1) is 19.0. The van der Waals surface area contributed by atoms with Gasteiger partial charge in [-0.05, 0) is 81.0 Å². The van der Waals surface area contributed by atoms with E-state index in [2.05, 4.69) is 41.0 Å². The van der Waals surface area contributed by atoms with Crippen molar-refractivity contribution in [3.05, 3.63) is 59.2 Å². The highest BCUT2D eigenvalue weighted by Gasteiger charge is 2.73. The quantitative estimate of drug-likeness (QED) is 0.575. The molecule has 2 aromatic rings. The molecule has 3 aliphatic heterocycles. The van der Waals surface area contributed by atoms with Crippen LogP contribution in [0.2, 0.25) is 0 Å². The van der Waals surface area contributed by atoms with Crippen LogP contribution in [0.5, 0.6) is 11.5 Å². The summed E-state index contributed by atoms with van der Waals surface area (Å²) in [4.78, 5) is 18.2. The fraction of sp³-hybridized carbons (Fsp3) is 0.606. The van der Waals surface area contributed by atoms with Gasteiger partial charge >= 0.3 is 0 Å². The van der Waals surface area contributed by atoms with Crippen LogP contribution in [0, 0.1) is 11.8 Å². The van der Waals surface area contributed by atoms with Gasteiger partial charge < -0.3 is 19.5 Å². The monoisotopic (exact) mass is 528 g/mol. The Labute approximate surface area is 231 Å². The average Bonchev–Trinajstić information content (AvgIpc) is 3.59. The van der Waals surface area contributed by atoms with Gasteiger partial charge in [0.05, 0.1) is 17.1 Å². The van der Waals surface area contributed by atoms with Gasteiger partial charge in [-0.15, -0.1) is 0 Å². The van der Waals surface area contributed by atoms with Gasteiger partial charge in [-0.25, -0.2) is 0 Å². The Morgan fingerprint density at radius 1 is 1.05 bits per heavy atom. The molecule has 6 nitrogen and oxygen atoms in total. The van der Waals surface area contributed by atoms with Gasteiger partial charge in [0.15, 0.2) is 11.5 Å². The van der Waals surface area contributed by atoms with Crippen molar-refractivity contribution in [1.29, 1.82) is 0 Å². The van der Waals surface area contributed by atoms with Crippen molar-refractivity contribution < 1.29 is 19.4 Å². The van der Waals surface area contributed by atoms with Crippen LogP contribution in [-0.2, 0) is 23.2 Å². The molecule has 0 radical (unpaired) electrons. The number of carbonyl (C=O) groups is 1. The van der Waals surface area contributed by atoms with Crippen LogP contribution in [0.25, 0.3) is 0 Å². The molecule has 8 rings (SSSR count). The Morgan fingerprint density at radius 3 is 2.67 bits per heavy atom. The Hall–Kier alpha value is -2.57. The number of piperidine rings is 1. The summed E-state index contributed by atoms with van der Waals surface area (Å²) in [6, 6.07) is 14.7. The molecule has 1 N–H and O–H groups in total. The number of rotatable bonds is 7. The smallest absolute Gasteiger partial charge is 0.226 e. The molecule has 3 heterocycles. The minimum absolute atomic E-state index is 0.00900. The second-order valence-electron chi connectivity index (χ2n) is 13.1. The third-order valence-corrected chi connectivity index (χ3v) is 11.2. The predicted octanol–water partition coefficient (Wildman–Crippen LogP) is 4.46. The summed E-state index contributed by atoms with van der Waals surface area (Å²) < 4.78 is 13.5. The SMILES string of the molecule is CCC1CCN([C@H]2CC[C@@]3(O)[C@@H]4Cc5ccc(OCc6ccccc6)c6c5[C@@]3(CCN4CC3CC3)[C@H]2O6)C1=O. The number of nitrogens with zero attached hydrogens (tertiary/aromatic N) is 2. The summed E-state index contributed by atoms with van der Waals surface area (Å²) in [5.41, 5.74) is 2.25.